The molecule has 25 heavy (non-hydrogen) atoms. The van der Waals surface area contributed by atoms with Gasteiger partial charge in [-0.05, 0) is 60.8 Å². The average Bonchev–Trinajstić information content (AvgIpc) is 2.63. The molecule has 130 valence electrons. The summed E-state index contributed by atoms with van der Waals surface area (Å²) in [7, 11) is 1.32. The van der Waals surface area contributed by atoms with Gasteiger partial charge in [-0.3, -0.25) is 0 Å². The smallest absolute Gasteiger partial charge is 0.339 e. The van der Waals surface area contributed by atoms with Crippen molar-refractivity contribution in [2.24, 2.45) is 0 Å². The van der Waals surface area contributed by atoms with Crippen LogP contribution >= 0.6 is 23.8 Å². The third-order valence-electron chi connectivity index (χ3n) is 4.30. The minimum Gasteiger partial charge on any atom is -0.465 e. The molecule has 0 saturated carbocycles. The van der Waals surface area contributed by atoms with Gasteiger partial charge in [-0.1, -0.05) is 35.9 Å². The first-order valence-corrected chi connectivity index (χ1v) is 8.90. The van der Waals surface area contributed by atoms with Gasteiger partial charge in [-0.25, -0.2) is 4.79 Å². The van der Waals surface area contributed by atoms with E-state index in [2.05, 4.69) is 34.9 Å². The number of thiocarbonyl (C=S) groups is 1. The molecule has 6 heteroatoms. The van der Waals surface area contributed by atoms with Crippen LogP contribution in [0.4, 0.5) is 5.69 Å². The number of anilines is 1. The average molecular weight is 375 g/mol. The van der Waals surface area contributed by atoms with E-state index in [4.69, 9.17) is 28.6 Å². The summed E-state index contributed by atoms with van der Waals surface area (Å²) < 4.78 is 4.74. The maximum atomic E-state index is 11.7. The van der Waals surface area contributed by atoms with Crippen LogP contribution in [0, 0.1) is 0 Å². The van der Waals surface area contributed by atoms with Crippen molar-refractivity contribution < 1.29 is 9.53 Å². The predicted molar refractivity (Wildman–Crippen MR) is 104 cm³/mol. The number of hydrogen-bond donors (Lipinski definition) is 2. The number of ether oxygens (including phenoxy) is 1. The Labute approximate surface area is 157 Å². The zero-order valence-electron chi connectivity index (χ0n) is 13.8. The van der Waals surface area contributed by atoms with Crippen LogP contribution in [0.25, 0.3) is 0 Å². The lowest BCUT2D eigenvalue weighted by molar-refractivity contribution is 0.0601. The van der Waals surface area contributed by atoms with E-state index in [9.17, 15) is 4.79 Å². The molecule has 1 atom stereocenters. The molecule has 2 aromatic carbocycles. The van der Waals surface area contributed by atoms with E-state index in [0.717, 1.165) is 19.3 Å². The first-order chi connectivity index (χ1) is 12.1. The molecule has 0 radical (unpaired) electrons. The Balaban J connectivity index is 1.71. The van der Waals surface area contributed by atoms with Crippen molar-refractivity contribution in [1.29, 1.82) is 0 Å². The van der Waals surface area contributed by atoms with Gasteiger partial charge < -0.3 is 15.4 Å². The summed E-state index contributed by atoms with van der Waals surface area (Å²) in [4.78, 5) is 11.7. The van der Waals surface area contributed by atoms with Crippen LogP contribution in [0.2, 0.25) is 5.02 Å². The van der Waals surface area contributed by atoms with Gasteiger partial charge in [-0.15, -0.1) is 0 Å². The molecular weight excluding hydrogens is 356 g/mol. The van der Waals surface area contributed by atoms with Crippen molar-refractivity contribution in [3.8, 4) is 0 Å². The Morgan fingerprint density at radius 1 is 1.28 bits per heavy atom. The number of aryl methyl sites for hydroxylation is 1. The highest BCUT2D eigenvalue weighted by molar-refractivity contribution is 7.80. The van der Waals surface area contributed by atoms with E-state index < -0.39 is 5.97 Å². The molecule has 1 aliphatic carbocycles. The Morgan fingerprint density at radius 2 is 2.08 bits per heavy atom. The minimum absolute atomic E-state index is 0.192. The van der Waals surface area contributed by atoms with Crippen LogP contribution in [-0.2, 0) is 11.2 Å². The highest BCUT2D eigenvalue weighted by Crippen LogP contribution is 2.29. The number of methoxy groups -OCH3 is 1. The van der Waals surface area contributed by atoms with E-state index in [1.165, 1.54) is 18.2 Å². The molecule has 1 aliphatic rings. The van der Waals surface area contributed by atoms with E-state index in [1.54, 1.807) is 18.2 Å². The van der Waals surface area contributed by atoms with Crippen molar-refractivity contribution in [1.82, 2.24) is 5.32 Å². The van der Waals surface area contributed by atoms with Crippen molar-refractivity contribution in [2.75, 3.05) is 12.4 Å². The maximum absolute atomic E-state index is 11.7. The van der Waals surface area contributed by atoms with Crippen LogP contribution < -0.4 is 10.6 Å². The molecule has 4 nitrogen and oxygen atoms in total. The fourth-order valence-electron chi connectivity index (χ4n) is 3.10. The Bertz CT molecular complexity index is 810. The van der Waals surface area contributed by atoms with Crippen LogP contribution in [0.1, 0.15) is 40.4 Å². The van der Waals surface area contributed by atoms with Crippen LogP contribution in [-0.4, -0.2) is 18.2 Å². The first kappa shape index (κ1) is 17.7. The quantitative estimate of drug-likeness (QED) is 0.612. The summed E-state index contributed by atoms with van der Waals surface area (Å²) in [6.45, 7) is 0. The summed E-state index contributed by atoms with van der Waals surface area (Å²) >= 11 is 11.5. The van der Waals surface area contributed by atoms with Crippen molar-refractivity contribution >= 4 is 40.6 Å². The van der Waals surface area contributed by atoms with Crippen molar-refractivity contribution in [3.05, 3.63) is 64.2 Å². The highest BCUT2D eigenvalue weighted by atomic mass is 35.5. The third-order valence-corrected chi connectivity index (χ3v) is 4.85. The Hall–Kier alpha value is -2.11. The number of halogens is 1. The number of nitrogens with one attached hydrogen (secondary N) is 2. The van der Waals surface area contributed by atoms with Gasteiger partial charge >= 0.3 is 5.97 Å². The number of carbonyl (C=O) groups excluding carboxylic acids is 1. The number of fused-ring (bicyclic) bond motifs is 1. The minimum atomic E-state index is -0.478. The monoisotopic (exact) mass is 374 g/mol. The summed E-state index contributed by atoms with van der Waals surface area (Å²) in [6, 6.07) is 13.7. The molecular formula is C19H19ClN2O2S. The molecule has 0 spiro atoms. The number of rotatable bonds is 3. The molecule has 0 bridgehead atoms. The zero-order valence-corrected chi connectivity index (χ0v) is 15.4. The number of benzene rings is 2. The van der Waals surface area contributed by atoms with Crippen molar-refractivity contribution in [2.45, 2.75) is 25.3 Å². The lowest BCUT2D eigenvalue weighted by Gasteiger charge is -2.27. The molecule has 0 heterocycles. The van der Waals surface area contributed by atoms with Gasteiger partial charge in [0.05, 0.1) is 23.7 Å². The molecule has 0 aliphatic heterocycles. The van der Waals surface area contributed by atoms with Gasteiger partial charge in [0.1, 0.15) is 0 Å². The lowest BCUT2D eigenvalue weighted by Crippen LogP contribution is -2.34. The first-order valence-electron chi connectivity index (χ1n) is 8.11. The number of carbonyl (C=O) groups is 1. The van der Waals surface area contributed by atoms with E-state index >= 15 is 0 Å². The van der Waals surface area contributed by atoms with Gasteiger partial charge in [0.2, 0.25) is 0 Å². The van der Waals surface area contributed by atoms with Gasteiger partial charge in [0, 0.05) is 5.69 Å². The summed E-state index contributed by atoms with van der Waals surface area (Å²) in [5, 5.41) is 7.35. The predicted octanol–water partition coefficient (Wildman–Crippen LogP) is 4.49. The second-order valence-corrected chi connectivity index (χ2v) is 6.74. The van der Waals surface area contributed by atoms with Crippen LogP contribution in [0.3, 0.4) is 0 Å². The number of hydrogen-bond acceptors (Lipinski definition) is 3. The lowest BCUT2D eigenvalue weighted by atomic mass is 9.88. The molecule has 0 aromatic heterocycles. The maximum Gasteiger partial charge on any atom is 0.339 e. The fraction of sp³-hybridized carbons (Fsp3) is 0.263. The molecule has 0 fully saturated rings. The second kappa shape index (κ2) is 7.85. The molecule has 2 aromatic rings. The van der Waals surface area contributed by atoms with Gasteiger partial charge in [-0.2, -0.15) is 0 Å². The second-order valence-electron chi connectivity index (χ2n) is 5.93. The van der Waals surface area contributed by atoms with Gasteiger partial charge in [0.25, 0.3) is 0 Å². The van der Waals surface area contributed by atoms with Gasteiger partial charge in [0.15, 0.2) is 5.11 Å². The van der Waals surface area contributed by atoms with E-state index in [0.29, 0.717) is 21.4 Å². The zero-order chi connectivity index (χ0) is 17.8. The molecule has 0 amide bonds. The molecule has 0 saturated heterocycles. The molecule has 3 rings (SSSR count). The summed E-state index contributed by atoms with van der Waals surface area (Å²) in [5.41, 5.74) is 3.66. The highest BCUT2D eigenvalue weighted by Gasteiger charge is 2.20. The largest absolute Gasteiger partial charge is 0.465 e. The van der Waals surface area contributed by atoms with E-state index in [-0.39, 0.29) is 6.04 Å². The normalized spacial score (nSPS) is 15.8. The topological polar surface area (TPSA) is 50.4 Å². The standard InChI is InChI=1S/C19H19ClN2O2S/c1-24-18(23)15-11-13(9-10-16(15)20)21-19(25)22-17-8-4-6-12-5-2-3-7-14(12)17/h2-3,5,7,9-11,17H,4,6,8H2,1H3,(H2,21,22,25)/t17-/m1/s1. The summed E-state index contributed by atoms with van der Waals surface area (Å²) in [5.74, 6) is -0.478. The Morgan fingerprint density at radius 3 is 2.88 bits per heavy atom. The summed E-state index contributed by atoms with van der Waals surface area (Å²) in [6.07, 6.45) is 3.27. The van der Waals surface area contributed by atoms with E-state index in [1.807, 2.05) is 0 Å². The van der Waals surface area contributed by atoms with Crippen molar-refractivity contribution in [3.63, 3.8) is 0 Å². The SMILES string of the molecule is COC(=O)c1cc(NC(=S)N[C@@H]2CCCc3ccccc32)ccc1Cl. The van der Waals surface area contributed by atoms with Crippen LogP contribution in [0.15, 0.2) is 42.5 Å². The fourth-order valence-corrected chi connectivity index (χ4v) is 3.55. The third kappa shape index (κ3) is 4.11. The van der Waals surface area contributed by atoms with Crippen LogP contribution in [0.5, 0.6) is 0 Å². The number of esters is 1. The molecule has 0 unspecified atom stereocenters. The Kier molecular flexibility index (Phi) is 5.56. The molecule has 2 N–H and O–H groups in total.